The predicted molar refractivity (Wildman–Crippen MR) is 87.0 cm³/mol. The molecule has 114 valence electrons. The van der Waals surface area contributed by atoms with Crippen molar-refractivity contribution in [3.8, 4) is 11.1 Å². The Balaban J connectivity index is 2.57. The second-order valence-electron chi connectivity index (χ2n) is 5.12. The molecule has 2 N–H and O–H groups in total. The minimum Gasteiger partial charge on any atom is -0.480 e. The van der Waals surface area contributed by atoms with Crippen molar-refractivity contribution < 1.29 is 14.7 Å². The summed E-state index contributed by atoms with van der Waals surface area (Å²) >= 11 is 6.13. The third-order valence-electron chi connectivity index (χ3n) is 3.34. The highest BCUT2D eigenvalue weighted by Gasteiger charge is 2.35. The van der Waals surface area contributed by atoms with Crippen LogP contribution in [-0.2, 0) is 14.5 Å². The number of hydrogen-bond donors (Lipinski definition) is 2. The Morgan fingerprint density at radius 3 is 2.27 bits per heavy atom. The molecule has 0 saturated carbocycles. The van der Waals surface area contributed by atoms with Crippen molar-refractivity contribution in [3.63, 3.8) is 0 Å². The maximum atomic E-state index is 11.4. The van der Waals surface area contributed by atoms with Gasteiger partial charge in [-0.05, 0) is 24.1 Å². The second-order valence-corrected chi connectivity index (χ2v) is 5.87. The van der Waals surface area contributed by atoms with Gasteiger partial charge in [0.25, 0.3) is 0 Å². The summed E-state index contributed by atoms with van der Waals surface area (Å²) in [4.78, 5) is 21.2. The molecule has 0 aliphatic rings. The Morgan fingerprint density at radius 2 is 1.73 bits per heavy atom. The van der Waals surface area contributed by atoms with Crippen LogP contribution < -0.4 is 5.32 Å². The first kappa shape index (κ1) is 16.0. The highest BCUT2D eigenvalue weighted by Crippen LogP contribution is 2.37. The summed E-state index contributed by atoms with van der Waals surface area (Å²) in [6.45, 7) is 2.75. The molecule has 0 radical (unpaired) electrons. The Kier molecular flexibility index (Phi) is 4.52. The van der Waals surface area contributed by atoms with Crippen molar-refractivity contribution in [1.29, 1.82) is 0 Å². The fraction of sp³-hybridized carbons (Fsp3) is 0.176. The molecule has 2 rings (SSSR count). The van der Waals surface area contributed by atoms with Gasteiger partial charge in [-0.2, -0.15) is 0 Å². The van der Waals surface area contributed by atoms with E-state index < -0.39 is 10.8 Å². The number of benzene rings is 2. The maximum absolute atomic E-state index is 11.4. The molecule has 0 saturated heterocycles. The topological polar surface area (TPSA) is 66.4 Å². The van der Waals surface area contributed by atoms with Crippen molar-refractivity contribution in [2.24, 2.45) is 0 Å². The highest BCUT2D eigenvalue weighted by atomic mass is 35.5. The normalized spacial score (nSPS) is 13.2. The number of alkyl halides is 1. The lowest BCUT2D eigenvalue weighted by Gasteiger charge is -2.22. The summed E-state index contributed by atoms with van der Waals surface area (Å²) in [5.74, 6) is -1.46. The standard InChI is InChI=1S/C17H16ClNO3/c1-11(20)19-15-10-13(12-6-4-3-5-7-12)8-9-14(15)17(2,18)16(21)22/h3-10H,1-2H3,(H,19,20)(H,21,22). The zero-order valence-corrected chi connectivity index (χ0v) is 13.0. The number of carbonyl (C=O) groups is 2. The number of anilines is 1. The number of amides is 1. The average molecular weight is 318 g/mol. The van der Waals surface area contributed by atoms with Crippen molar-refractivity contribution in [2.75, 3.05) is 5.32 Å². The van der Waals surface area contributed by atoms with Crippen LogP contribution in [0.3, 0.4) is 0 Å². The first-order valence-corrected chi connectivity index (χ1v) is 7.10. The minimum absolute atomic E-state index is 0.288. The Labute approximate surface area is 133 Å². The van der Waals surface area contributed by atoms with E-state index in [1.807, 2.05) is 30.3 Å². The molecule has 2 aromatic rings. The molecule has 1 amide bonds. The third-order valence-corrected chi connectivity index (χ3v) is 3.71. The van der Waals surface area contributed by atoms with E-state index in [4.69, 9.17) is 11.6 Å². The van der Waals surface area contributed by atoms with Gasteiger partial charge in [0.2, 0.25) is 5.91 Å². The molecule has 5 heteroatoms. The van der Waals surface area contributed by atoms with Crippen molar-refractivity contribution in [1.82, 2.24) is 0 Å². The van der Waals surface area contributed by atoms with Crippen LogP contribution in [-0.4, -0.2) is 17.0 Å². The van der Waals surface area contributed by atoms with Gasteiger partial charge < -0.3 is 10.4 Å². The van der Waals surface area contributed by atoms with Crippen LogP contribution in [0.2, 0.25) is 0 Å². The molecular formula is C17H16ClNO3. The maximum Gasteiger partial charge on any atom is 0.329 e. The summed E-state index contributed by atoms with van der Waals surface area (Å²) in [5.41, 5.74) is 2.57. The van der Waals surface area contributed by atoms with Crippen molar-refractivity contribution in [3.05, 3.63) is 54.1 Å². The number of halogens is 1. The molecule has 1 unspecified atom stereocenters. The first-order valence-electron chi connectivity index (χ1n) is 6.72. The van der Waals surface area contributed by atoms with Crippen molar-refractivity contribution >= 4 is 29.2 Å². The molecule has 0 aromatic heterocycles. The molecule has 22 heavy (non-hydrogen) atoms. The smallest absolute Gasteiger partial charge is 0.329 e. The lowest BCUT2D eigenvalue weighted by molar-refractivity contribution is -0.140. The van der Waals surface area contributed by atoms with E-state index in [9.17, 15) is 14.7 Å². The fourth-order valence-electron chi connectivity index (χ4n) is 2.17. The van der Waals surface area contributed by atoms with Crippen LogP contribution >= 0.6 is 11.6 Å². The number of carboxylic acid groups (broad SMARTS) is 1. The van der Waals surface area contributed by atoms with Gasteiger partial charge in [-0.1, -0.05) is 42.5 Å². The number of hydrogen-bond acceptors (Lipinski definition) is 2. The summed E-state index contributed by atoms with van der Waals surface area (Å²) in [5, 5.41) is 12.0. The lowest BCUT2D eigenvalue weighted by Crippen LogP contribution is -2.27. The summed E-state index contributed by atoms with van der Waals surface area (Å²) < 4.78 is 0. The SMILES string of the molecule is CC(=O)Nc1cc(-c2ccccc2)ccc1C(C)(Cl)C(=O)O. The van der Waals surface area contributed by atoms with E-state index >= 15 is 0 Å². The number of rotatable bonds is 4. The molecule has 0 aliphatic carbocycles. The minimum atomic E-state index is -1.62. The van der Waals surface area contributed by atoms with E-state index in [2.05, 4.69) is 5.32 Å². The summed E-state index contributed by atoms with van der Waals surface area (Å²) in [6.07, 6.45) is 0. The largest absolute Gasteiger partial charge is 0.480 e. The van der Waals surface area contributed by atoms with Crippen LogP contribution in [0.4, 0.5) is 5.69 Å². The second kappa shape index (κ2) is 6.20. The molecule has 2 aromatic carbocycles. The molecule has 0 spiro atoms. The lowest BCUT2D eigenvalue weighted by atomic mass is 9.94. The Hall–Kier alpha value is -2.33. The quantitative estimate of drug-likeness (QED) is 0.842. The van der Waals surface area contributed by atoms with E-state index in [1.54, 1.807) is 18.2 Å². The van der Waals surface area contributed by atoms with Crippen LogP contribution in [0.25, 0.3) is 11.1 Å². The molecule has 0 bridgehead atoms. The van der Waals surface area contributed by atoms with Gasteiger partial charge in [0.1, 0.15) is 0 Å². The van der Waals surface area contributed by atoms with Gasteiger partial charge >= 0.3 is 5.97 Å². The molecule has 0 fully saturated rings. The van der Waals surface area contributed by atoms with Gasteiger partial charge in [0.15, 0.2) is 4.87 Å². The Bertz CT molecular complexity index is 711. The van der Waals surface area contributed by atoms with Crippen LogP contribution in [0.15, 0.2) is 48.5 Å². The highest BCUT2D eigenvalue weighted by molar-refractivity contribution is 6.33. The first-order chi connectivity index (χ1) is 10.3. The van der Waals surface area contributed by atoms with Crippen molar-refractivity contribution in [2.45, 2.75) is 18.7 Å². The Morgan fingerprint density at radius 1 is 1.09 bits per heavy atom. The predicted octanol–water partition coefficient (Wildman–Crippen LogP) is 3.85. The fourth-order valence-corrected chi connectivity index (χ4v) is 2.34. The van der Waals surface area contributed by atoms with Crippen LogP contribution in [0, 0.1) is 0 Å². The number of carbonyl (C=O) groups excluding carboxylic acids is 1. The molecule has 0 heterocycles. The number of carboxylic acids is 1. The van der Waals surface area contributed by atoms with E-state index in [-0.39, 0.29) is 5.91 Å². The monoisotopic (exact) mass is 317 g/mol. The van der Waals surface area contributed by atoms with Crippen LogP contribution in [0.1, 0.15) is 19.4 Å². The third kappa shape index (κ3) is 3.28. The zero-order chi connectivity index (χ0) is 16.3. The molecule has 0 aliphatic heterocycles. The van der Waals surface area contributed by atoms with Gasteiger partial charge in [0, 0.05) is 18.2 Å². The van der Waals surface area contributed by atoms with E-state index in [1.165, 1.54) is 13.8 Å². The van der Waals surface area contributed by atoms with E-state index in [0.29, 0.717) is 11.3 Å². The van der Waals surface area contributed by atoms with Gasteiger partial charge in [-0.15, -0.1) is 11.6 Å². The molecular weight excluding hydrogens is 302 g/mol. The summed E-state index contributed by atoms with van der Waals surface area (Å²) in [6, 6.07) is 14.7. The summed E-state index contributed by atoms with van der Waals surface area (Å²) in [7, 11) is 0. The van der Waals surface area contributed by atoms with E-state index in [0.717, 1.165) is 11.1 Å². The molecule has 1 atom stereocenters. The van der Waals surface area contributed by atoms with Gasteiger partial charge in [-0.25, -0.2) is 4.79 Å². The van der Waals surface area contributed by atoms with Gasteiger partial charge in [-0.3, -0.25) is 4.79 Å². The number of aliphatic carboxylic acids is 1. The van der Waals surface area contributed by atoms with Crippen LogP contribution in [0.5, 0.6) is 0 Å². The average Bonchev–Trinajstić information content (AvgIpc) is 2.47. The number of nitrogens with one attached hydrogen (secondary N) is 1. The zero-order valence-electron chi connectivity index (χ0n) is 12.3. The van der Waals surface area contributed by atoms with Gasteiger partial charge in [0.05, 0.1) is 0 Å². The molecule has 4 nitrogen and oxygen atoms in total.